The molecule has 2 aliphatic heterocycles. The molecule has 1 atom stereocenters. The molecule has 4 nitrogen and oxygen atoms in total. The summed E-state index contributed by atoms with van der Waals surface area (Å²) in [5.74, 6) is 0.270. The molecule has 74 valence electrons. The first-order valence-electron chi connectivity index (χ1n) is 4.64. The fourth-order valence-electron chi connectivity index (χ4n) is 1.45. The largest absolute Gasteiger partial charge is 0.271 e. The van der Waals surface area contributed by atoms with Crippen LogP contribution in [0.5, 0.6) is 0 Å². The second kappa shape index (κ2) is 3.65. The van der Waals surface area contributed by atoms with Crippen LogP contribution >= 0.6 is 11.9 Å². The second-order valence-electron chi connectivity index (χ2n) is 3.32. The molecule has 5 heteroatoms. The summed E-state index contributed by atoms with van der Waals surface area (Å²) >= 11 is 1.30. The first-order valence-corrected chi connectivity index (χ1v) is 5.41. The molecule has 0 radical (unpaired) electrons. The predicted octanol–water partition coefficient (Wildman–Crippen LogP) is 1.86. The van der Waals surface area contributed by atoms with Gasteiger partial charge in [0.05, 0.1) is 0 Å². The molecule has 0 saturated carbocycles. The quantitative estimate of drug-likeness (QED) is 0.652. The number of amides is 1. The number of fused-ring (bicyclic) bond motifs is 1. The number of amidine groups is 1. The van der Waals surface area contributed by atoms with E-state index in [2.05, 4.69) is 14.4 Å². The van der Waals surface area contributed by atoms with Crippen LogP contribution in [-0.4, -0.2) is 22.5 Å². The van der Waals surface area contributed by atoms with E-state index in [1.807, 2.05) is 13.8 Å². The molecule has 0 spiro atoms. The number of rotatable bonds is 2. The van der Waals surface area contributed by atoms with E-state index in [1.54, 1.807) is 0 Å². The van der Waals surface area contributed by atoms with Gasteiger partial charge in [0.25, 0.3) is 5.91 Å². The fourth-order valence-corrected chi connectivity index (χ4v) is 2.32. The Bertz CT molecular complexity index is 370. The van der Waals surface area contributed by atoms with E-state index >= 15 is 0 Å². The molecule has 0 unspecified atom stereocenters. The van der Waals surface area contributed by atoms with Crippen LogP contribution in [0.4, 0.5) is 0 Å². The van der Waals surface area contributed by atoms with Gasteiger partial charge in [0.15, 0.2) is 0 Å². The minimum atomic E-state index is -0.277. The molecular formula is C9H11N3OS. The van der Waals surface area contributed by atoms with Crippen molar-refractivity contribution < 1.29 is 4.79 Å². The molecule has 14 heavy (non-hydrogen) atoms. The van der Waals surface area contributed by atoms with Gasteiger partial charge in [-0.2, -0.15) is 4.99 Å². The Kier molecular flexibility index (Phi) is 2.50. The summed E-state index contributed by atoms with van der Waals surface area (Å²) in [6.07, 6.45) is 1.72. The monoisotopic (exact) mass is 209 g/mol. The lowest BCUT2D eigenvalue weighted by Crippen LogP contribution is -2.28. The highest BCUT2D eigenvalue weighted by atomic mass is 32.2. The van der Waals surface area contributed by atoms with Crippen LogP contribution in [0, 0.1) is 5.92 Å². The van der Waals surface area contributed by atoms with Gasteiger partial charge in [0.2, 0.25) is 0 Å². The zero-order chi connectivity index (χ0) is 10.1. The smallest absolute Gasteiger partial charge is 0.262 e. The molecule has 0 N–H and O–H groups in total. The minimum Gasteiger partial charge on any atom is -0.271 e. The number of carbonyl (C=O) groups is 1. The van der Waals surface area contributed by atoms with E-state index in [0.717, 1.165) is 23.6 Å². The lowest BCUT2D eigenvalue weighted by atomic mass is 10.0. The normalized spacial score (nSPS) is 25.4. The maximum atomic E-state index is 11.6. The van der Waals surface area contributed by atoms with Crippen molar-refractivity contribution in [3.8, 4) is 0 Å². The summed E-state index contributed by atoms with van der Waals surface area (Å²) in [7, 11) is 0. The molecule has 2 heterocycles. The predicted molar refractivity (Wildman–Crippen MR) is 59.0 cm³/mol. The van der Waals surface area contributed by atoms with Gasteiger partial charge in [0.1, 0.15) is 16.8 Å². The van der Waals surface area contributed by atoms with Crippen molar-refractivity contribution in [3.05, 3.63) is 0 Å². The van der Waals surface area contributed by atoms with Crippen LogP contribution in [0.3, 0.4) is 0 Å². The standard InChI is InChI=1S/C9H11N3OS/c1-3-4-6-10-8(13)7-5(2)12-14-9(7)11-6/h7H,3-4H2,1-2H3/t7-/m1/s1. The van der Waals surface area contributed by atoms with Crippen molar-refractivity contribution in [1.82, 2.24) is 0 Å². The first-order chi connectivity index (χ1) is 6.72. The van der Waals surface area contributed by atoms with E-state index in [0.29, 0.717) is 5.84 Å². The highest BCUT2D eigenvalue weighted by Crippen LogP contribution is 2.29. The molecule has 0 aromatic heterocycles. The number of hydrogen-bond donors (Lipinski definition) is 0. The van der Waals surface area contributed by atoms with Gasteiger partial charge in [-0.3, -0.25) is 4.79 Å². The van der Waals surface area contributed by atoms with Crippen LogP contribution < -0.4 is 0 Å². The Balaban J connectivity index is 2.26. The van der Waals surface area contributed by atoms with Crippen LogP contribution in [0.25, 0.3) is 0 Å². The Labute approximate surface area is 86.8 Å². The van der Waals surface area contributed by atoms with Crippen LogP contribution in [0.2, 0.25) is 0 Å². The fraction of sp³-hybridized carbons (Fsp3) is 0.556. The topological polar surface area (TPSA) is 54.1 Å². The molecule has 0 aliphatic carbocycles. The SMILES string of the molecule is CCCC1=NC(=O)[C@H]2C(C)=NSC2=N1. The zero-order valence-electron chi connectivity index (χ0n) is 8.15. The summed E-state index contributed by atoms with van der Waals surface area (Å²) in [6, 6.07) is 0. The summed E-state index contributed by atoms with van der Waals surface area (Å²) in [6.45, 7) is 3.89. The van der Waals surface area contributed by atoms with Gasteiger partial charge in [-0.05, 0) is 13.3 Å². The summed E-state index contributed by atoms with van der Waals surface area (Å²) in [5, 5.41) is 0.797. The van der Waals surface area contributed by atoms with Gasteiger partial charge >= 0.3 is 0 Å². The molecule has 0 aromatic carbocycles. The number of aliphatic imine (C=N–C) groups is 2. The van der Waals surface area contributed by atoms with Crippen molar-refractivity contribution in [2.45, 2.75) is 26.7 Å². The van der Waals surface area contributed by atoms with Crippen molar-refractivity contribution in [2.24, 2.45) is 20.3 Å². The molecule has 0 saturated heterocycles. The number of hydrogen-bond acceptors (Lipinski definition) is 4. The van der Waals surface area contributed by atoms with Crippen molar-refractivity contribution in [2.75, 3.05) is 0 Å². The van der Waals surface area contributed by atoms with Crippen LogP contribution in [0.15, 0.2) is 14.4 Å². The third-order valence-electron chi connectivity index (χ3n) is 2.15. The average Bonchev–Trinajstić information content (AvgIpc) is 2.48. The van der Waals surface area contributed by atoms with Crippen LogP contribution in [0.1, 0.15) is 26.7 Å². The summed E-state index contributed by atoms with van der Waals surface area (Å²) in [5.41, 5.74) is 0.818. The van der Waals surface area contributed by atoms with Gasteiger partial charge in [0, 0.05) is 24.1 Å². The lowest BCUT2D eigenvalue weighted by molar-refractivity contribution is -0.118. The average molecular weight is 209 g/mol. The van der Waals surface area contributed by atoms with Gasteiger partial charge in [-0.25, -0.2) is 9.39 Å². The van der Waals surface area contributed by atoms with E-state index in [9.17, 15) is 4.79 Å². The molecule has 0 fully saturated rings. The lowest BCUT2D eigenvalue weighted by Gasteiger charge is -2.12. The molecule has 0 aromatic rings. The van der Waals surface area contributed by atoms with E-state index in [1.165, 1.54) is 11.9 Å². The molecular weight excluding hydrogens is 198 g/mol. The number of carbonyl (C=O) groups excluding carboxylic acids is 1. The van der Waals surface area contributed by atoms with E-state index in [-0.39, 0.29) is 11.8 Å². The van der Waals surface area contributed by atoms with Crippen molar-refractivity contribution in [3.63, 3.8) is 0 Å². The summed E-state index contributed by atoms with van der Waals surface area (Å²) in [4.78, 5) is 19.9. The molecule has 1 amide bonds. The Morgan fingerprint density at radius 3 is 2.93 bits per heavy atom. The molecule has 2 aliphatic rings. The maximum absolute atomic E-state index is 11.6. The second-order valence-corrected chi connectivity index (χ2v) is 4.11. The Morgan fingerprint density at radius 1 is 1.43 bits per heavy atom. The Morgan fingerprint density at radius 2 is 2.21 bits per heavy atom. The van der Waals surface area contributed by atoms with Crippen molar-refractivity contribution >= 4 is 34.4 Å². The van der Waals surface area contributed by atoms with Gasteiger partial charge < -0.3 is 0 Å². The highest BCUT2D eigenvalue weighted by molar-refractivity contribution is 8.13. The third kappa shape index (κ3) is 1.52. The first kappa shape index (κ1) is 9.58. The van der Waals surface area contributed by atoms with Crippen molar-refractivity contribution in [1.29, 1.82) is 0 Å². The molecule has 0 bridgehead atoms. The van der Waals surface area contributed by atoms with Gasteiger partial charge in [-0.1, -0.05) is 6.92 Å². The number of nitrogens with zero attached hydrogens (tertiary/aromatic N) is 3. The van der Waals surface area contributed by atoms with E-state index < -0.39 is 0 Å². The zero-order valence-corrected chi connectivity index (χ0v) is 8.97. The maximum Gasteiger partial charge on any atom is 0.262 e. The third-order valence-corrected chi connectivity index (χ3v) is 3.04. The van der Waals surface area contributed by atoms with E-state index in [4.69, 9.17) is 0 Å². The molecule has 2 rings (SSSR count). The highest BCUT2D eigenvalue weighted by Gasteiger charge is 2.35. The minimum absolute atomic E-state index is 0.107. The van der Waals surface area contributed by atoms with Crippen LogP contribution in [-0.2, 0) is 4.79 Å². The van der Waals surface area contributed by atoms with Gasteiger partial charge in [-0.15, -0.1) is 0 Å². The Hall–Kier alpha value is -0.970. The summed E-state index contributed by atoms with van der Waals surface area (Å²) < 4.78 is 4.13.